The largest absolute Gasteiger partial charge is 0.380 e. The molecule has 1 heterocycles. The van der Waals surface area contributed by atoms with E-state index in [2.05, 4.69) is 21.2 Å². The molecule has 0 saturated heterocycles. The zero-order valence-corrected chi connectivity index (χ0v) is 13.8. The predicted octanol–water partition coefficient (Wildman–Crippen LogP) is 5.25. The predicted molar refractivity (Wildman–Crippen MR) is 86.8 cm³/mol. The molecule has 106 valence electrons. The molecule has 7 heteroatoms. The summed E-state index contributed by atoms with van der Waals surface area (Å²) < 4.78 is 1.57. The summed E-state index contributed by atoms with van der Waals surface area (Å²) >= 11 is 10.8. The van der Waals surface area contributed by atoms with E-state index in [0.29, 0.717) is 17.3 Å². The highest BCUT2D eigenvalue weighted by Crippen LogP contribution is 2.32. The maximum absolute atomic E-state index is 11.0. The Balaban J connectivity index is 2.13. The summed E-state index contributed by atoms with van der Waals surface area (Å²) in [4.78, 5) is 11.7. The smallest absolute Gasteiger partial charge is 0.274 e. The number of aryl methyl sites for hydroxylation is 1. The lowest BCUT2D eigenvalue weighted by Gasteiger charge is -2.06. The quantitative estimate of drug-likeness (QED) is 0.574. The fourth-order valence-corrected chi connectivity index (χ4v) is 3.54. The van der Waals surface area contributed by atoms with Crippen LogP contribution in [0.2, 0.25) is 4.34 Å². The second kappa shape index (κ2) is 6.56. The third-order valence-corrected chi connectivity index (χ3v) is 5.30. The van der Waals surface area contributed by atoms with Crippen molar-refractivity contribution >= 4 is 50.2 Å². The molecule has 0 fully saturated rings. The molecule has 0 atom stereocenters. The lowest BCUT2D eigenvalue weighted by Crippen LogP contribution is -2.00. The number of anilines is 1. The first-order chi connectivity index (χ1) is 9.51. The molecule has 0 aliphatic heterocycles. The van der Waals surface area contributed by atoms with Crippen molar-refractivity contribution in [1.29, 1.82) is 0 Å². The molecule has 0 spiro atoms. The van der Waals surface area contributed by atoms with Gasteiger partial charge in [0.1, 0.15) is 4.34 Å². The van der Waals surface area contributed by atoms with Crippen molar-refractivity contribution in [2.75, 3.05) is 5.32 Å². The minimum Gasteiger partial charge on any atom is -0.380 e. The molecule has 0 aliphatic carbocycles. The fourth-order valence-electron chi connectivity index (χ4n) is 1.81. The van der Waals surface area contributed by atoms with E-state index in [9.17, 15) is 10.1 Å². The van der Waals surface area contributed by atoms with Gasteiger partial charge in [-0.15, -0.1) is 11.3 Å². The van der Waals surface area contributed by atoms with Crippen LogP contribution in [0.25, 0.3) is 0 Å². The van der Waals surface area contributed by atoms with Crippen molar-refractivity contribution in [2.45, 2.75) is 19.9 Å². The molecule has 1 N–H and O–H groups in total. The Labute approximate surface area is 134 Å². The highest BCUT2D eigenvalue weighted by atomic mass is 79.9. The Kier molecular flexibility index (Phi) is 5.01. The number of nitro benzene ring substituents is 1. The van der Waals surface area contributed by atoms with Crippen molar-refractivity contribution in [3.63, 3.8) is 0 Å². The molecule has 0 unspecified atom stereocenters. The van der Waals surface area contributed by atoms with Crippen LogP contribution in [0.4, 0.5) is 11.4 Å². The monoisotopic (exact) mass is 374 g/mol. The van der Waals surface area contributed by atoms with Crippen molar-refractivity contribution in [2.24, 2.45) is 0 Å². The minimum atomic E-state index is -0.345. The number of halogens is 2. The molecular formula is C13H12BrClN2O2S. The van der Waals surface area contributed by atoms with Crippen LogP contribution in [-0.2, 0) is 13.0 Å². The zero-order valence-electron chi connectivity index (χ0n) is 10.7. The summed E-state index contributed by atoms with van der Waals surface area (Å²) in [5.41, 5.74) is 1.62. The summed E-state index contributed by atoms with van der Waals surface area (Å²) in [6.45, 7) is 2.49. The van der Waals surface area contributed by atoms with Crippen LogP contribution < -0.4 is 5.32 Å². The standard InChI is InChI=1S/C13H12BrClN2O2S/c1-2-8-3-4-9(5-12(8)17(18)19)16-7-10-6-11(14)13(15)20-10/h3-6,16H,2,7H2,1H3. The van der Waals surface area contributed by atoms with Crippen LogP contribution in [0.15, 0.2) is 28.7 Å². The first-order valence-electron chi connectivity index (χ1n) is 5.96. The average Bonchev–Trinajstić information content (AvgIpc) is 2.75. The maximum atomic E-state index is 11.0. The molecule has 1 aromatic heterocycles. The Morgan fingerprint density at radius 3 is 2.75 bits per heavy atom. The van der Waals surface area contributed by atoms with Gasteiger partial charge < -0.3 is 5.32 Å². The van der Waals surface area contributed by atoms with Crippen LogP contribution in [0.5, 0.6) is 0 Å². The van der Waals surface area contributed by atoms with Crippen LogP contribution >= 0.6 is 38.9 Å². The number of hydrogen-bond donors (Lipinski definition) is 1. The van der Waals surface area contributed by atoms with Crippen LogP contribution in [0.3, 0.4) is 0 Å². The summed E-state index contributed by atoms with van der Waals surface area (Å²) in [7, 11) is 0. The Morgan fingerprint density at radius 2 is 2.20 bits per heavy atom. The van der Waals surface area contributed by atoms with Gasteiger partial charge >= 0.3 is 0 Å². The molecule has 2 aromatic rings. The van der Waals surface area contributed by atoms with Crippen LogP contribution in [0, 0.1) is 10.1 Å². The second-order valence-electron chi connectivity index (χ2n) is 4.14. The molecule has 0 aliphatic rings. The number of thiophene rings is 1. The van der Waals surface area contributed by atoms with Gasteiger partial charge in [-0.25, -0.2) is 0 Å². The van der Waals surface area contributed by atoms with Gasteiger partial charge in [0.05, 0.1) is 4.92 Å². The highest BCUT2D eigenvalue weighted by Gasteiger charge is 2.13. The molecule has 4 nitrogen and oxygen atoms in total. The zero-order chi connectivity index (χ0) is 14.7. The summed E-state index contributed by atoms with van der Waals surface area (Å²) in [6, 6.07) is 7.16. The highest BCUT2D eigenvalue weighted by molar-refractivity contribution is 9.10. The fraction of sp³-hybridized carbons (Fsp3) is 0.231. The molecule has 1 aromatic carbocycles. The van der Waals surface area contributed by atoms with E-state index in [0.717, 1.165) is 20.6 Å². The van der Waals surface area contributed by atoms with Gasteiger partial charge in [-0.05, 0) is 34.5 Å². The van der Waals surface area contributed by atoms with Crippen molar-refractivity contribution in [1.82, 2.24) is 0 Å². The molecule has 0 radical (unpaired) electrons. The van der Waals surface area contributed by atoms with Crippen LogP contribution in [-0.4, -0.2) is 4.92 Å². The Bertz CT molecular complexity index is 626. The topological polar surface area (TPSA) is 55.2 Å². The van der Waals surface area contributed by atoms with E-state index >= 15 is 0 Å². The normalized spacial score (nSPS) is 10.6. The number of rotatable bonds is 5. The summed E-state index contributed by atoms with van der Waals surface area (Å²) in [6.07, 6.45) is 0.643. The summed E-state index contributed by atoms with van der Waals surface area (Å²) in [5, 5.41) is 14.2. The lowest BCUT2D eigenvalue weighted by molar-refractivity contribution is -0.385. The number of nitrogens with one attached hydrogen (secondary N) is 1. The number of nitro groups is 1. The third-order valence-electron chi connectivity index (χ3n) is 2.83. The maximum Gasteiger partial charge on any atom is 0.274 e. The van der Waals surface area contributed by atoms with E-state index in [-0.39, 0.29) is 10.6 Å². The van der Waals surface area contributed by atoms with E-state index in [1.807, 2.05) is 19.1 Å². The van der Waals surface area contributed by atoms with E-state index < -0.39 is 0 Å². The Hall–Kier alpha value is -1.11. The van der Waals surface area contributed by atoms with Gasteiger partial charge in [-0.3, -0.25) is 10.1 Å². The molecular weight excluding hydrogens is 364 g/mol. The van der Waals surface area contributed by atoms with Gasteiger partial charge in [0, 0.05) is 33.2 Å². The van der Waals surface area contributed by atoms with Crippen LogP contribution in [0.1, 0.15) is 17.4 Å². The van der Waals surface area contributed by atoms with Crippen molar-refractivity contribution < 1.29 is 4.92 Å². The van der Waals surface area contributed by atoms with Gasteiger partial charge in [0.15, 0.2) is 0 Å². The van der Waals surface area contributed by atoms with E-state index in [1.54, 1.807) is 12.1 Å². The molecule has 2 rings (SSSR count). The second-order valence-corrected chi connectivity index (χ2v) is 6.74. The number of hydrogen-bond acceptors (Lipinski definition) is 4. The number of benzene rings is 1. The molecule has 0 amide bonds. The van der Waals surface area contributed by atoms with Gasteiger partial charge in [-0.2, -0.15) is 0 Å². The SMILES string of the molecule is CCc1ccc(NCc2cc(Br)c(Cl)s2)cc1[N+](=O)[O-]. The van der Waals surface area contributed by atoms with Gasteiger partial charge in [-0.1, -0.05) is 24.6 Å². The molecule has 0 bridgehead atoms. The first kappa shape index (κ1) is 15.3. The van der Waals surface area contributed by atoms with Gasteiger partial charge in [0.2, 0.25) is 0 Å². The van der Waals surface area contributed by atoms with E-state index in [1.165, 1.54) is 11.3 Å². The number of nitrogens with zero attached hydrogens (tertiary/aromatic N) is 1. The lowest BCUT2D eigenvalue weighted by atomic mass is 10.1. The molecule has 0 saturated carbocycles. The minimum absolute atomic E-state index is 0.155. The summed E-state index contributed by atoms with van der Waals surface area (Å²) in [5.74, 6) is 0. The third kappa shape index (κ3) is 3.50. The van der Waals surface area contributed by atoms with Gasteiger partial charge in [0.25, 0.3) is 5.69 Å². The molecule has 20 heavy (non-hydrogen) atoms. The first-order valence-corrected chi connectivity index (χ1v) is 7.95. The van der Waals surface area contributed by atoms with Crippen molar-refractivity contribution in [3.8, 4) is 0 Å². The van der Waals surface area contributed by atoms with Crippen molar-refractivity contribution in [3.05, 3.63) is 53.6 Å². The van der Waals surface area contributed by atoms with E-state index in [4.69, 9.17) is 11.6 Å². The Morgan fingerprint density at radius 1 is 1.45 bits per heavy atom. The average molecular weight is 376 g/mol.